The lowest BCUT2D eigenvalue weighted by Crippen LogP contribution is -2.27. The Kier molecular flexibility index (Phi) is 4.06. The van der Waals surface area contributed by atoms with Crippen LogP contribution < -0.4 is 10.4 Å². The van der Waals surface area contributed by atoms with Crippen molar-refractivity contribution in [2.24, 2.45) is 0 Å². The van der Waals surface area contributed by atoms with Gasteiger partial charge in [0.05, 0.1) is 15.9 Å². The van der Waals surface area contributed by atoms with Crippen LogP contribution in [0, 0.1) is 0 Å². The van der Waals surface area contributed by atoms with Gasteiger partial charge in [-0.2, -0.15) is 0 Å². The summed E-state index contributed by atoms with van der Waals surface area (Å²) in [6.07, 6.45) is 0. The van der Waals surface area contributed by atoms with E-state index in [1.807, 2.05) is 37.3 Å². The molecule has 1 atom stereocenters. The zero-order valence-electron chi connectivity index (χ0n) is 12.5. The Morgan fingerprint density at radius 2 is 1.74 bits per heavy atom. The lowest BCUT2D eigenvalue weighted by molar-refractivity contribution is 0.575. The fourth-order valence-electron chi connectivity index (χ4n) is 2.40. The van der Waals surface area contributed by atoms with Crippen LogP contribution in [0.4, 0.5) is 0 Å². The summed E-state index contributed by atoms with van der Waals surface area (Å²) in [4.78, 5) is 16.5. The van der Waals surface area contributed by atoms with Gasteiger partial charge in [0, 0.05) is 6.54 Å². The summed E-state index contributed by atoms with van der Waals surface area (Å²) >= 11 is 0. The third-order valence-electron chi connectivity index (χ3n) is 3.75. The van der Waals surface area contributed by atoms with Gasteiger partial charge >= 0.3 is 5.69 Å². The maximum absolute atomic E-state index is 12.4. The first kappa shape index (κ1) is 15.5. The van der Waals surface area contributed by atoms with Crippen molar-refractivity contribution >= 4 is 21.1 Å². The Morgan fingerprint density at radius 1 is 1.04 bits per heavy atom. The van der Waals surface area contributed by atoms with Gasteiger partial charge in [-0.1, -0.05) is 37.3 Å². The molecule has 1 unspecified atom stereocenters. The SMILES string of the molecule is CC(CNS(=O)(=O)c1ccc2[nH]c(=O)[nH]c2c1)c1ccccc1. The number of nitrogens with one attached hydrogen (secondary N) is 3. The van der Waals surface area contributed by atoms with Crippen molar-refractivity contribution in [1.82, 2.24) is 14.7 Å². The highest BCUT2D eigenvalue weighted by atomic mass is 32.2. The highest BCUT2D eigenvalue weighted by molar-refractivity contribution is 7.89. The van der Waals surface area contributed by atoms with Crippen LogP contribution in [0.15, 0.2) is 58.2 Å². The molecule has 120 valence electrons. The van der Waals surface area contributed by atoms with Gasteiger partial charge in [0.2, 0.25) is 10.0 Å². The molecule has 3 aromatic rings. The van der Waals surface area contributed by atoms with E-state index in [0.29, 0.717) is 17.6 Å². The van der Waals surface area contributed by atoms with Crippen molar-refractivity contribution in [1.29, 1.82) is 0 Å². The number of H-pyrrole nitrogens is 2. The Balaban J connectivity index is 1.79. The first-order valence-corrected chi connectivity index (χ1v) is 8.71. The lowest BCUT2D eigenvalue weighted by Gasteiger charge is -2.13. The molecule has 0 radical (unpaired) electrons. The van der Waals surface area contributed by atoms with E-state index < -0.39 is 10.0 Å². The fourth-order valence-corrected chi connectivity index (χ4v) is 3.55. The number of hydrogen-bond donors (Lipinski definition) is 3. The van der Waals surface area contributed by atoms with E-state index in [0.717, 1.165) is 5.56 Å². The van der Waals surface area contributed by atoms with E-state index in [9.17, 15) is 13.2 Å². The average molecular weight is 331 g/mol. The molecule has 0 saturated carbocycles. The van der Waals surface area contributed by atoms with Crippen LogP contribution in [0.3, 0.4) is 0 Å². The van der Waals surface area contributed by atoms with E-state index in [2.05, 4.69) is 14.7 Å². The molecule has 1 heterocycles. The zero-order chi connectivity index (χ0) is 16.4. The average Bonchev–Trinajstić information content (AvgIpc) is 2.92. The second-order valence-electron chi connectivity index (χ2n) is 5.45. The standard InChI is InChI=1S/C16H17N3O3S/c1-11(12-5-3-2-4-6-12)10-17-23(21,22)13-7-8-14-15(9-13)19-16(20)18-14/h2-9,11,17H,10H2,1H3,(H2,18,19,20). The van der Waals surface area contributed by atoms with Gasteiger partial charge in [0.25, 0.3) is 0 Å². The summed E-state index contributed by atoms with van der Waals surface area (Å²) in [5, 5.41) is 0. The number of fused-ring (bicyclic) bond motifs is 1. The molecule has 7 heteroatoms. The summed E-state index contributed by atoms with van der Waals surface area (Å²) < 4.78 is 27.4. The van der Waals surface area contributed by atoms with Gasteiger partial charge < -0.3 is 9.97 Å². The van der Waals surface area contributed by atoms with E-state index in [1.165, 1.54) is 12.1 Å². The quantitative estimate of drug-likeness (QED) is 0.667. The summed E-state index contributed by atoms with van der Waals surface area (Å²) in [6.45, 7) is 2.26. The second-order valence-corrected chi connectivity index (χ2v) is 7.22. The van der Waals surface area contributed by atoms with Crippen molar-refractivity contribution in [3.8, 4) is 0 Å². The number of aromatic amines is 2. The summed E-state index contributed by atoms with van der Waals surface area (Å²) in [5.74, 6) is 0.0572. The van der Waals surface area contributed by atoms with Crippen LogP contribution in [0.5, 0.6) is 0 Å². The van der Waals surface area contributed by atoms with Crippen LogP contribution in [0.2, 0.25) is 0 Å². The van der Waals surface area contributed by atoms with Crippen molar-refractivity contribution < 1.29 is 8.42 Å². The highest BCUT2D eigenvalue weighted by Crippen LogP contribution is 2.17. The molecule has 0 bridgehead atoms. The minimum Gasteiger partial charge on any atom is -0.306 e. The molecule has 6 nitrogen and oxygen atoms in total. The first-order valence-electron chi connectivity index (χ1n) is 7.22. The Labute approximate surface area is 133 Å². The molecular weight excluding hydrogens is 314 g/mol. The zero-order valence-corrected chi connectivity index (χ0v) is 13.4. The van der Waals surface area contributed by atoms with Gasteiger partial charge in [0.15, 0.2) is 0 Å². The molecule has 23 heavy (non-hydrogen) atoms. The summed E-state index contributed by atoms with van der Waals surface area (Å²) in [5.41, 5.74) is 1.75. The number of aromatic nitrogens is 2. The molecule has 1 aromatic heterocycles. The molecular formula is C16H17N3O3S. The van der Waals surface area contributed by atoms with Gasteiger partial charge in [-0.05, 0) is 29.7 Å². The molecule has 0 aliphatic carbocycles. The molecule has 0 fully saturated rings. The predicted octanol–water partition coefficient (Wildman–Crippen LogP) is 1.94. The van der Waals surface area contributed by atoms with Crippen LogP contribution in [0.1, 0.15) is 18.4 Å². The third kappa shape index (κ3) is 3.35. The molecule has 2 aromatic carbocycles. The maximum atomic E-state index is 12.4. The molecule has 0 aliphatic heterocycles. The largest absolute Gasteiger partial charge is 0.323 e. The van der Waals surface area contributed by atoms with E-state index in [1.54, 1.807) is 6.07 Å². The van der Waals surface area contributed by atoms with Crippen molar-refractivity contribution in [3.05, 3.63) is 64.6 Å². The lowest BCUT2D eigenvalue weighted by atomic mass is 10.0. The van der Waals surface area contributed by atoms with E-state index >= 15 is 0 Å². The Hall–Kier alpha value is -2.38. The number of benzene rings is 2. The summed E-state index contributed by atoms with van der Waals surface area (Å²) in [6, 6.07) is 14.2. The fraction of sp³-hybridized carbons (Fsp3) is 0.188. The van der Waals surface area contributed by atoms with Crippen LogP contribution in [-0.2, 0) is 10.0 Å². The van der Waals surface area contributed by atoms with Gasteiger partial charge in [-0.3, -0.25) is 0 Å². The van der Waals surface area contributed by atoms with Gasteiger partial charge in [-0.25, -0.2) is 17.9 Å². The van der Waals surface area contributed by atoms with Crippen molar-refractivity contribution in [3.63, 3.8) is 0 Å². The number of rotatable bonds is 5. The predicted molar refractivity (Wildman–Crippen MR) is 89.0 cm³/mol. The number of sulfonamides is 1. The first-order chi connectivity index (χ1) is 11.0. The second kappa shape index (κ2) is 6.02. The van der Waals surface area contributed by atoms with E-state index in [-0.39, 0.29) is 16.5 Å². The van der Waals surface area contributed by atoms with Crippen LogP contribution in [-0.4, -0.2) is 24.9 Å². The third-order valence-corrected chi connectivity index (χ3v) is 5.17. The van der Waals surface area contributed by atoms with Crippen molar-refractivity contribution in [2.75, 3.05) is 6.54 Å². The molecule has 0 saturated heterocycles. The molecule has 3 N–H and O–H groups in total. The monoisotopic (exact) mass is 331 g/mol. The maximum Gasteiger partial charge on any atom is 0.323 e. The van der Waals surface area contributed by atoms with Gasteiger partial charge in [0.1, 0.15) is 0 Å². The Morgan fingerprint density at radius 3 is 2.48 bits per heavy atom. The van der Waals surface area contributed by atoms with Crippen LogP contribution >= 0.6 is 0 Å². The van der Waals surface area contributed by atoms with E-state index in [4.69, 9.17) is 0 Å². The molecule has 0 amide bonds. The molecule has 0 spiro atoms. The summed E-state index contributed by atoms with van der Waals surface area (Å²) in [7, 11) is -3.63. The minimum absolute atomic E-state index is 0.0572. The Bertz CT molecular complexity index is 974. The van der Waals surface area contributed by atoms with Crippen molar-refractivity contribution in [2.45, 2.75) is 17.7 Å². The normalized spacial score (nSPS) is 13.3. The number of hydrogen-bond acceptors (Lipinski definition) is 3. The minimum atomic E-state index is -3.63. The highest BCUT2D eigenvalue weighted by Gasteiger charge is 2.16. The van der Waals surface area contributed by atoms with Crippen LogP contribution in [0.25, 0.3) is 11.0 Å². The van der Waals surface area contributed by atoms with Gasteiger partial charge in [-0.15, -0.1) is 0 Å². The smallest absolute Gasteiger partial charge is 0.306 e. The topological polar surface area (TPSA) is 94.8 Å². The number of imidazole rings is 1. The molecule has 0 aliphatic rings. The molecule has 3 rings (SSSR count).